The van der Waals surface area contributed by atoms with Crippen LogP contribution < -0.4 is 0 Å². The Morgan fingerprint density at radius 1 is 1.67 bits per heavy atom. The molecule has 0 heterocycles. The van der Waals surface area contributed by atoms with Crippen molar-refractivity contribution in [1.82, 2.24) is 0 Å². The Labute approximate surface area is 38.3 Å². The molecule has 0 unspecified atom stereocenters. The summed E-state index contributed by atoms with van der Waals surface area (Å²) in [6, 6.07) is 0. The van der Waals surface area contributed by atoms with Crippen LogP contribution in [-0.4, -0.2) is 11.7 Å². The van der Waals surface area contributed by atoms with Crippen LogP contribution in [0.15, 0.2) is 12.2 Å². The average Bonchev–Trinajstić information content (AvgIpc) is 1.61. The highest BCUT2D eigenvalue weighted by molar-refractivity contribution is 4.75. The molecule has 0 aromatic rings. The Kier molecular flexibility index (Phi) is 4.46. The Bertz CT molecular complexity index is 39.2. The number of hydrogen-bond acceptors (Lipinski definition) is 1. The topological polar surface area (TPSA) is 20.2 Å². The summed E-state index contributed by atoms with van der Waals surface area (Å²) in [5, 5.41) is 8.15. The minimum atomic E-state index is 0.268. The lowest BCUT2D eigenvalue weighted by Gasteiger charge is -1.76. The lowest BCUT2D eigenvalue weighted by atomic mass is 10.4. The first kappa shape index (κ1) is 5.70. The Morgan fingerprint density at radius 2 is 2.33 bits per heavy atom. The van der Waals surface area contributed by atoms with Gasteiger partial charge in [0.05, 0.1) is 0 Å². The molecule has 0 amide bonds. The lowest BCUT2D eigenvalue weighted by molar-refractivity contribution is 0.302. The van der Waals surface area contributed by atoms with E-state index in [1.807, 2.05) is 19.1 Å². The summed E-state index contributed by atoms with van der Waals surface area (Å²) in [5.41, 5.74) is 0. The highest BCUT2D eigenvalue weighted by atomic mass is 16.2. The summed E-state index contributed by atoms with van der Waals surface area (Å²) in [6.07, 6.45) is 4.65. The largest absolute Gasteiger partial charge is 0.396 e. The van der Waals surface area contributed by atoms with E-state index in [-0.39, 0.29) is 6.61 Å². The van der Waals surface area contributed by atoms with Gasteiger partial charge in [-0.1, -0.05) is 12.2 Å². The summed E-state index contributed by atoms with van der Waals surface area (Å²) in [7, 11) is 0. The van der Waals surface area contributed by atoms with Crippen molar-refractivity contribution in [2.45, 2.75) is 13.3 Å². The third kappa shape index (κ3) is 3.70. The number of aliphatic hydroxyl groups is 1. The van der Waals surface area contributed by atoms with Crippen molar-refractivity contribution in [2.75, 3.05) is 6.61 Å². The van der Waals surface area contributed by atoms with E-state index < -0.39 is 0 Å². The molecule has 0 saturated heterocycles. The molecule has 0 fully saturated rings. The lowest BCUT2D eigenvalue weighted by Crippen LogP contribution is -1.73. The van der Waals surface area contributed by atoms with Crippen molar-refractivity contribution in [3.05, 3.63) is 12.2 Å². The molecule has 0 spiro atoms. The Morgan fingerprint density at radius 3 is 2.50 bits per heavy atom. The molecule has 0 aliphatic heterocycles. The molecule has 0 aliphatic carbocycles. The molecule has 6 heavy (non-hydrogen) atoms. The van der Waals surface area contributed by atoms with Crippen LogP contribution in [0, 0.1) is 0 Å². The second-order valence-electron chi connectivity index (χ2n) is 1.08. The number of aliphatic hydroxyl groups excluding tert-OH is 1. The number of rotatable bonds is 2. The highest BCUT2D eigenvalue weighted by Gasteiger charge is 1.65. The van der Waals surface area contributed by atoms with Gasteiger partial charge < -0.3 is 5.11 Å². The molecule has 0 aliphatic rings. The van der Waals surface area contributed by atoms with Gasteiger partial charge in [-0.15, -0.1) is 0 Å². The molecular weight excluding hydrogens is 76.1 g/mol. The first-order valence-electron chi connectivity index (χ1n) is 2.14. The Balaban J connectivity index is 2.66. The average molecular weight is 86.1 g/mol. The van der Waals surface area contributed by atoms with Gasteiger partial charge in [-0.3, -0.25) is 0 Å². The van der Waals surface area contributed by atoms with Crippen LogP contribution in [0.2, 0.25) is 0 Å². The first-order valence-corrected chi connectivity index (χ1v) is 2.14. The van der Waals surface area contributed by atoms with Crippen molar-refractivity contribution in [1.29, 1.82) is 0 Å². The zero-order chi connectivity index (χ0) is 4.83. The molecule has 0 aromatic heterocycles. The summed E-state index contributed by atoms with van der Waals surface area (Å²) in [4.78, 5) is 0. The standard InChI is InChI=1S/C5H10O/c1-2-3-4-5-6/h2-3,6H,4-5H2,1H3/b3-2+. The predicted molar refractivity (Wildman–Crippen MR) is 26.5 cm³/mol. The second kappa shape index (κ2) is 4.70. The van der Waals surface area contributed by atoms with Crippen LogP contribution in [0.4, 0.5) is 0 Å². The predicted octanol–water partition coefficient (Wildman–Crippen LogP) is 0.945. The van der Waals surface area contributed by atoms with Crippen LogP contribution in [0.5, 0.6) is 0 Å². The third-order valence-electron chi connectivity index (χ3n) is 0.531. The molecule has 0 radical (unpaired) electrons. The molecule has 0 bridgehead atoms. The van der Waals surface area contributed by atoms with Gasteiger partial charge >= 0.3 is 0 Å². The quantitative estimate of drug-likeness (QED) is 0.496. The summed E-state index contributed by atoms with van der Waals surface area (Å²) >= 11 is 0. The fraction of sp³-hybridized carbons (Fsp3) is 0.600. The van der Waals surface area contributed by atoms with Crippen LogP contribution >= 0.6 is 0 Å². The monoisotopic (exact) mass is 86.1 g/mol. The number of allylic oxidation sites excluding steroid dienone is 1. The second-order valence-corrected chi connectivity index (χ2v) is 1.08. The van der Waals surface area contributed by atoms with Gasteiger partial charge in [0.1, 0.15) is 0 Å². The molecule has 1 heteroatoms. The van der Waals surface area contributed by atoms with E-state index in [2.05, 4.69) is 0 Å². The minimum absolute atomic E-state index is 0.268. The van der Waals surface area contributed by atoms with Crippen molar-refractivity contribution >= 4 is 0 Å². The van der Waals surface area contributed by atoms with Crippen molar-refractivity contribution < 1.29 is 5.11 Å². The molecule has 0 atom stereocenters. The van der Waals surface area contributed by atoms with Gasteiger partial charge in [0.25, 0.3) is 0 Å². The molecule has 0 rings (SSSR count). The molecule has 1 nitrogen and oxygen atoms in total. The summed E-state index contributed by atoms with van der Waals surface area (Å²) in [6.45, 7) is 2.21. The van der Waals surface area contributed by atoms with Crippen LogP contribution in [-0.2, 0) is 0 Å². The zero-order valence-electron chi connectivity index (χ0n) is 4.02. The first-order chi connectivity index (χ1) is 2.91. The van der Waals surface area contributed by atoms with Crippen molar-refractivity contribution in [2.24, 2.45) is 0 Å². The van der Waals surface area contributed by atoms with Crippen molar-refractivity contribution in [3.8, 4) is 0 Å². The molecule has 0 saturated carbocycles. The van der Waals surface area contributed by atoms with E-state index in [0.29, 0.717) is 0 Å². The van der Waals surface area contributed by atoms with Gasteiger partial charge in [-0.05, 0) is 13.3 Å². The van der Waals surface area contributed by atoms with Gasteiger partial charge in [-0.25, -0.2) is 0 Å². The van der Waals surface area contributed by atoms with Gasteiger partial charge in [0.15, 0.2) is 0 Å². The molecule has 36 valence electrons. The SMILES string of the molecule is C/C=C/CCO. The van der Waals surface area contributed by atoms with E-state index >= 15 is 0 Å². The zero-order valence-corrected chi connectivity index (χ0v) is 4.02. The van der Waals surface area contributed by atoms with Gasteiger partial charge in [0.2, 0.25) is 0 Å². The number of hydrogen-bond donors (Lipinski definition) is 1. The van der Waals surface area contributed by atoms with Crippen LogP contribution in [0.1, 0.15) is 13.3 Å². The molecule has 1 N–H and O–H groups in total. The fourth-order valence-corrected chi connectivity index (χ4v) is 0.241. The maximum atomic E-state index is 8.15. The summed E-state index contributed by atoms with van der Waals surface area (Å²) < 4.78 is 0. The maximum absolute atomic E-state index is 8.15. The van der Waals surface area contributed by atoms with E-state index in [1.165, 1.54) is 0 Å². The normalized spacial score (nSPS) is 10.3. The smallest absolute Gasteiger partial charge is 0.0465 e. The van der Waals surface area contributed by atoms with E-state index in [1.54, 1.807) is 0 Å². The molecule has 0 aromatic carbocycles. The van der Waals surface area contributed by atoms with E-state index in [4.69, 9.17) is 5.11 Å². The fourth-order valence-electron chi connectivity index (χ4n) is 0.241. The molecular formula is C5H10O. The maximum Gasteiger partial charge on any atom is 0.0465 e. The van der Waals surface area contributed by atoms with E-state index in [9.17, 15) is 0 Å². The van der Waals surface area contributed by atoms with Gasteiger partial charge in [0, 0.05) is 6.61 Å². The van der Waals surface area contributed by atoms with Crippen molar-refractivity contribution in [3.63, 3.8) is 0 Å². The van der Waals surface area contributed by atoms with E-state index in [0.717, 1.165) is 6.42 Å². The third-order valence-corrected chi connectivity index (χ3v) is 0.531. The summed E-state index contributed by atoms with van der Waals surface area (Å²) in [5.74, 6) is 0. The van der Waals surface area contributed by atoms with Gasteiger partial charge in [-0.2, -0.15) is 0 Å². The minimum Gasteiger partial charge on any atom is -0.396 e. The van der Waals surface area contributed by atoms with Crippen LogP contribution in [0.3, 0.4) is 0 Å². The highest BCUT2D eigenvalue weighted by Crippen LogP contribution is 1.75. The Hall–Kier alpha value is -0.300. The van der Waals surface area contributed by atoms with Crippen LogP contribution in [0.25, 0.3) is 0 Å².